The molecule has 0 radical (unpaired) electrons. The van der Waals surface area contributed by atoms with Crippen molar-refractivity contribution in [2.75, 3.05) is 25.4 Å². The van der Waals surface area contributed by atoms with E-state index in [1.54, 1.807) is 0 Å². The van der Waals surface area contributed by atoms with Gasteiger partial charge in [-0.25, -0.2) is 0 Å². The standard InChI is InChI=1S/C9H19N3O3.C2H7NO3S.ClH/c10-5-2-1-3-7(11)9(15)12-6-4-8(13)14;3-1-2-7(4,5)6;/h7H,1-6,10-11H2,(H,12,15)(H,13,14);1-3H2,(H,4,5,6);1H/t7-;;/m0../s1. The molecule has 1 atom stereocenters. The van der Waals surface area contributed by atoms with Crippen LogP contribution >= 0.6 is 12.4 Å². The molecule has 10 nitrogen and oxygen atoms in total. The maximum absolute atomic E-state index is 11.3. The van der Waals surface area contributed by atoms with Crippen molar-refractivity contribution in [2.24, 2.45) is 17.2 Å². The third-order valence-corrected chi connectivity index (χ3v) is 3.07. The summed E-state index contributed by atoms with van der Waals surface area (Å²) in [6.45, 7) is 0.685. The maximum atomic E-state index is 11.3. The van der Waals surface area contributed by atoms with Gasteiger partial charge < -0.3 is 27.6 Å². The number of unbranched alkanes of at least 4 members (excludes halogenated alkanes) is 1. The Hall–Kier alpha value is -0.980. The van der Waals surface area contributed by atoms with E-state index >= 15 is 0 Å². The molecule has 0 saturated carbocycles. The monoisotopic (exact) mass is 378 g/mol. The highest BCUT2D eigenvalue weighted by Crippen LogP contribution is 1.97. The molecule has 0 aliphatic carbocycles. The average Bonchev–Trinajstić information content (AvgIpc) is 2.37. The Labute approximate surface area is 142 Å². The lowest BCUT2D eigenvalue weighted by Crippen LogP contribution is -2.41. The van der Waals surface area contributed by atoms with Crippen LogP contribution in [-0.4, -0.2) is 61.4 Å². The normalized spacial score (nSPS) is 11.5. The molecular formula is C11H27ClN4O6S. The minimum Gasteiger partial charge on any atom is -0.481 e. The fourth-order valence-electron chi connectivity index (χ4n) is 1.21. The van der Waals surface area contributed by atoms with E-state index in [9.17, 15) is 18.0 Å². The van der Waals surface area contributed by atoms with Crippen LogP contribution in [0.1, 0.15) is 25.7 Å². The van der Waals surface area contributed by atoms with E-state index in [0.717, 1.165) is 12.8 Å². The third-order valence-electron chi connectivity index (χ3n) is 2.32. The van der Waals surface area contributed by atoms with Crippen molar-refractivity contribution in [1.29, 1.82) is 0 Å². The number of carbonyl (C=O) groups excluding carboxylic acids is 1. The van der Waals surface area contributed by atoms with E-state index < -0.39 is 22.1 Å². The topological polar surface area (TPSA) is 199 Å². The van der Waals surface area contributed by atoms with Gasteiger partial charge in [-0.15, -0.1) is 12.4 Å². The Kier molecular flexibility index (Phi) is 18.6. The van der Waals surface area contributed by atoms with Crippen molar-refractivity contribution in [3.8, 4) is 0 Å². The molecule has 0 bridgehead atoms. The van der Waals surface area contributed by atoms with Crippen molar-refractivity contribution in [3.63, 3.8) is 0 Å². The molecular weight excluding hydrogens is 352 g/mol. The summed E-state index contributed by atoms with van der Waals surface area (Å²) in [7, 11) is -3.80. The first-order chi connectivity index (χ1) is 10.1. The average molecular weight is 379 g/mol. The molecule has 0 aromatic carbocycles. The summed E-state index contributed by atoms with van der Waals surface area (Å²) < 4.78 is 27.3. The largest absolute Gasteiger partial charge is 0.481 e. The zero-order valence-electron chi connectivity index (χ0n) is 12.8. The van der Waals surface area contributed by atoms with Crippen LogP contribution in [0, 0.1) is 0 Å². The number of rotatable bonds is 10. The molecule has 0 unspecified atom stereocenters. The van der Waals surface area contributed by atoms with Gasteiger partial charge in [-0.1, -0.05) is 6.42 Å². The van der Waals surface area contributed by atoms with Crippen LogP contribution < -0.4 is 22.5 Å². The molecule has 12 heteroatoms. The van der Waals surface area contributed by atoms with Gasteiger partial charge in [0.05, 0.1) is 18.2 Å². The number of halogens is 1. The molecule has 0 aliphatic heterocycles. The summed E-state index contributed by atoms with van der Waals surface area (Å²) in [5, 5.41) is 10.8. The predicted octanol–water partition coefficient (Wildman–Crippen LogP) is -1.71. The molecule has 0 spiro atoms. The number of amides is 1. The van der Waals surface area contributed by atoms with Crippen LogP contribution in [0.15, 0.2) is 0 Å². The van der Waals surface area contributed by atoms with Crippen molar-refractivity contribution < 1.29 is 27.7 Å². The SMILES string of the molecule is Cl.NCCCC[C@H](N)C(=O)NCCC(=O)O.NCCS(=O)(=O)O. The van der Waals surface area contributed by atoms with Gasteiger partial charge in [-0.2, -0.15) is 8.42 Å². The van der Waals surface area contributed by atoms with Crippen molar-refractivity contribution in [3.05, 3.63) is 0 Å². The van der Waals surface area contributed by atoms with Crippen molar-refractivity contribution in [1.82, 2.24) is 5.32 Å². The Morgan fingerprint density at radius 2 is 1.70 bits per heavy atom. The van der Waals surface area contributed by atoms with E-state index in [2.05, 4.69) is 5.32 Å². The fraction of sp³-hybridized carbons (Fsp3) is 0.818. The highest BCUT2D eigenvalue weighted by Gasteiger charge is 2.12. The van der Waals surface area contributed by atoms with E-state index in [0.29, 0.717) is 13.0 Å². The van der Waals surface area contributed by atoms with E-state index in [4.69, 9.17) is 26.9 Å². The number of carbonyl (C=O) groups is 2. The Morgan fingerprint density at radius 1 is 1.13 bits per heavy atom. The highest BCUT2D eigenvalue weighted by atomic mass is 35.5. The molecule has 23 heavy (non-hydrogen) atoms. The van der Waals surface area contributed by atoms with Gasteiger partial charge >= 0.3 is 5.97 Å². The molecule has 0 aromatic rings. The van der Waals surface area contributed by atoms with Crippen LogP contribution in [0.5, 0.6) is 0 Å². The van der Waals surface area contributed by atoms with E-state index in [1.807, 2.05) is 0 Å². The molecule has 9 N–H and O–H groups in total. The lowest BCUT2D eigenvalue weighted by Gasteiger charge is -2.10. The number of aliphatic carboxylic acids is 1. The second kappa shape index (κ2) is 15.9. The molecule has 0 aromatic heterocycles. The van der Waals surface area contributed by atoms with Crippen LogP contribution in [0.4, 0.5) is 0 Å². The number of nitrogens with one attached hydrogen (secondary N) is 1. The second-order valence-corrected chi connectivity index (χ2v) is 5.97. The maximum Gasteiger partial charge on any atom is 0.305 e. The summed E-state index contributed by atoms with van der Waals surface area (Å²) in [6.07, 6.45) is 2.15. The van der Waals surface area contributed by atoms with Gasteiger partial charge in [-0.05, 0) is 19.4 Å². The summed E-state index contributed by atoms with van der Waals surface area (Å²) >= 11 is 0. The molecule has 0 rings (SSSR count). The number of nitrogens with two attached hydrogens (primary N) is 3. The lowest BCUT2D eigenvalue weighted by molar-refractivity contribution is -0.136. The molecule has 0 heterocycles. The Bertz CT molecular complexity index is 421. The second-order valence-electron chi connectivity index (χ2n) is 4.40. The van der Waals surface area contributed by atoms with Crippen molar-refractivity contribution >= 4 is 34.4 Å². The number of hydrogen-bond donors (Lipinski definition) is 6. The van der Waals surface area contributed by atoms with Gasteiger partial charge in [-0.3, -0.25) is 14.1 Å². The van der Waals surface area contributed by atoms with Gasteiger partial charge in [0.25, 0.3) is 10.1 Å². The Morgan fingerprint density at radius 3 is 2.04 bits per heavy atom. The van der Waals surface area contributed by atoms with Gasteiger partial charge in [0.15, 0.2) is 0 Å². The summed E-state index contributed by atoms with van der Waals surface area (Å²) in [5.41, 5.74) is 15.6. The molecule has 0 aliphatic rings. The zero-order valence-corrected chi connectivity index (χ0v) is 14.4. The number of carboxylic acid groups (broad SMARTS) is 1. The van der Waals surface area contributed by atoms with Gasteiger partial charge in [0, 0.05) is 13.1 Å². The van der Waals surface area contributed by atoms with Crippen molar-refractivity contribution in [2.45, 2.75) is 31.7 Å². The fourth-order valence-corrected chi connectivity index (χ4v) is 1.51. The predicted molar refractivity (Wildman–Crippen MR) is 88.9 cm³/mol. The first-order valence-electron chi connectivity index (χ1n) is 6.74. The van der Waals surface area contributed by atoms with Gasteiger partial charge in [0.2, 0.25) is 5.91 Å². The number of carboxylic acids is 1. The molecule has 140 valence electrons. The first-order valence-corrected chi connectivity index (χ1v) is 8.35. The molecule has 1 amide bonds. The van der Waals surface area contributed by atoms with Crippen LogP contribution in [0.25, 0.3) is 0 Å². The third kappa shape index (κ3) is 23.4. The minimum absolute atomic E-state index is 0. The highest BCUT2D eigenvalue weighted by molar-refractivity contribution is 7.85. The summed E-state index contributed by atoms with van der Waals surface area (Å²) in [4.78, 5) is 21.4. The van der Waals surface area contributed by atoms with Crippen LogP contribution in [0.3, 0.4) is 0 Å². The van der Waals surface area contributed by atoms with E-state index in [-0.39, 0.29) is 43.6 Å². The smallest absolute Gasteiger partial charge is 0.305 e. The Balaban J connectivity index is -0.000000425. The summed E-state index contributed by atoms with van der Waals surface area (Å²) in [5.74, 6) is -1.59. The van der Waals surface area contributed by atoms with Crippen LogP contribution in [-0.2, 0) is 19.7 Å². The van der Waals surface area contributed by atoms with Gasteiger partial charge in [0.1, 0.15) is 0 Å². The first kappa shape index (κ1) is 26.9. The van der Waals surface area contributed by atoms with Crippen LogP contribution in [0.2, 0.25) is 0 Å². The zero-order chi connectivity index (χ0) is 17.6. The molecule has 0 saturated heterocycles. The minimum atomic E-state index is -3.80. The summed E-state index contributed by atoms with van der Waals surface area (Å²) in [6, 6.07) is -0.564. The molecule has 0 fully saturated rings. The lowest BCUT2D eigenvalue weighted by atomic mass is 10.1. The number of hydrogen-bond acceptors (Lipinski definition) is 7. The van der Waals surface area contributed by atoms with E-state index in [1.165, 1.54) is 0 Å². The quantitative estimate of drug-likeness (QED) is 0.189.